The Kier molecular flexibility index (Phi) is 16.6. The minimum atomic E-state index is -4.47. The molecule has 206 valence electrons. The maximum Gasteiger partial charge on any atom is 0.699 e. The number of nitrogens with zero attached hydrogens (tertiary/aromatic N) is 3. The number of hydrogen-bond acceptors (Lipinski definition) is 10. The lowest BCUT2D eigenvalue weighted by Gasteiger charge is -2.17. The van der Waals surface area contributed by atoms with E-state index in [-0.39, 0.29) is 6.61 Å². The molecule has 0 aliphatic heterocycles. The number of aliphatic hydroxyl groups is 1. The van der Waals surface area contributed by atoms with Crippen LogP contribution >= 0.6 is 7.82 Å². The van der Waals surface area contributed by atoms with Crippen LogP contribution in [-0.2, 0) is 20.0 Å². The normalized spacial score (nSPS) is 13.7. The number of phosphoric acid groups is 1. The Bertz CT molecular complexity index is 806. The van der Waals surface area contributed by atoms with Gasteiger partial charge in [-0.25, -0.2) is 4.57 Å². The molecular weight excluding hydrogens is 501 g/mol. The molecule has 1 aromatic rings. The molecule has 0 bridgehead atoms. The molecule has 0 aromatic heterocycles. The molecule has 0 fully saturated rings. The summed E-state index contributed by atoms with van der Waals surface area (Å²) in [4.78, 5) is 36.9. The second kappa shape index (κ2) is 17.8. The summed E-state index contributed by atoms with van der Waals surface area (Å²) in [6.45, 7) is 3.26. The van der Waals surface area contributed by atoms with Gasteiger partial charge in [0.1, 0.15) is 0 Å². The fourth-order valence-electron chi connectivity index (χ4n) is 3.06. The summed E-state index contributed by atoms with van der Waals surface area (Å²) in [6.07, 6.45) is 3.97. The van der Waals surface area contributed by atoms with Crippen molar-refractivity contribution in [3.63, 3.8) is 0 Å². The molecule has 15 heteroatoms. The Morgan fingerprint density at radius 1 is 0.972 bits per heavy atom. The van der Waals surface area contributed by atoms with Gasteiger partial charge in [0, 0.05) is 6.61 Å². The van der Waals surface area contributed by atoms with Crippen molar-refractivity contribution in [1.82, 2.24) is 0 Å². The summed E-state index contributed by atoms with van der Waals surface area (Å²) in [5.41, 5.74) is 1.30. The van der Waals surface area contributed by atoms with Crippen LogP contribution < -0.4 is 0 Å². The Hall–Kier alpha value is -2.51. The van der Waals surface area contributed by atoms with E-state index in [1.54, 1.807) is 6.92 Å². The molecule has 0 saturated carbocycles. The third-order valence-electron chi connectivity index (χ3n) is 5.03. The lowest BCUT2D eigenvalue weighted by atomic mass is 10.1. The molecule has 2 N–H and O–H groups in total. The molecule has 2 unspecified atom stereocenters. The number of benzene rings is 1. The van der Waals surface area contributed by atoms with Crippen LogP contribution in [0.3, 0.4) is 0 Å². The van der Waals surface area contributed by atoms with Crippen molar-refractivity contribution in [2.75, 3.05) is 13.2 Å². The summed E-state index contributed by atoms with van der Waals surface area (Å²) >= 11 is 0. The number of unbranched alkanes of at least 4 members (excludes halogenated alkanes) is 3. The van der Waals surface area contributed by atoms with Gasteiger partial charge in [0.25, 0.3) is 0 Å². The maximum absolute atomic E-state index is 11.7. The average Bonchev–Trinajstić information content (AvgIpc) is 2.80. The Labute approximate surface area is 209 Å². The molecule has 36 heavy (non-hydrogen) atoms. The number of nitro groups is 3. The highest BCUT2D eigenvalue weighted by Crippen LogP contribution is 2.45. The van der Waals surface area contributed by atoms with Crippen molar-refractivity contribution in [1.29, 1.82) is 0 Å². The summed E-state index contributed by atoms with van der Waals surface area (Å²) < 4.78 is 21.2. The number of aryl methyl sites for hydroxylation is 1. The van der Waals surface area contributed by atoms with Crippen LogP contribution in [0.25, 0.3) is 0 Å². The zero-order valence-corrected chi connectivity index (χ0v) is 21.5. The molecule has 0 saturated heterocycles. The Morgan fingerprint density at radius 2 is 1.56 bits per heavy atom. The van der Waals surface area contributed by atoms with Gasteiger partial charge in [0.15, 0.2) is 21.2 Å². The van der Waals surface area contributed by atoms with E-state index in [1.807, 2.05) is 25.1 Å². The monoisotopic (exact) mass is 537 g/mol. The summed E-state index contributed by atoms with van der Waals surface area (Å²) in [5.74, 6) is -3.61. The van der Waals surface area contributed by atoms with E-state index in [0.717, 1.165) is 38.5 Å². The highest BCUT2D eigenvalue weighted by atomic mass is 31.2. The van der Waals surface area contributed by atoms with Crippen LogP contribution in [0.15, 0.2) is 30.3 Å². The molecule has 0 aliphatic carbocycles. The van der Waals surface area contributed by atoms with Crippen molar-refractivity contribution in [3.8, 4) is 0 Å². The first-order valence-electron chi connectivity index (χ1n) is 11.7. The van der Waals surface area contributed by atoms with Gasteiger partial charge in [0.05, 0.1) is 12.7 Å². The molecule has 1 rings (SSSR count). The van der Waals surface area contributed by atoms with Crippen LogP contribution in [-0.4, -0.2) is 49.9 Å². The molecular formula is C21H36N3O11P. The fraction of sp³-hybridized carbons (Fsp3) is 0.714. The van der Waals surface area contributed by atoms with Gasteiger partial charge in [-0.15, -0.1) is 0 Å². The van der Waals surface area contributed by atoms with Gasteiger partial charge >= 0.3 is 13.6 Å². The standard InChI is InChI=1S/C12H24N3O10P.C9H12O/c1-3-4-5-6-8-11(2)25-26(22,23)24-10-7-9-12(13(16)17,14(18)19)15(20)21;10-8-4-7-9-5-2-1-3-6-9/h11H,3-10H2,1-2H3,(H,22,23);1-3,5-6,10H,4,7-8H2. The van der Waals surface area contributed by atoms with E-state index < -0.39 is 53.9 Å². The van der Waals surface area contributed by atoms with Crippen LogP contribution in [0.1, 0.15) is 70.8 Å². The van der Waals surface area contributed by atoms with E-state index in [9.17, 15) is 39.8 Å². The Balaban J connectivity index is 0.00000101. The van der Waals surface area contributed by atoms with Crippen molar-refractivity contribution >= 4 is 7.82 Å². The summed E-state index contributed by atoms with van der Waals surface area (Å²) in [6, 6.07) is 10.2. The minimum Gasteiger partial charge on any atom is -0.396 e. The maximum atomic E-state index is 11.7. The van der Waals surface area contributed by atoms with Crippen molar-refractivity contribution in [2.45, 2.75) is 83.5 Å². The SMILES string of the molecule is CCCCCCC(C)OP(=O)(O)OCCCC([N+](=O)[O-])([N+](=O)[O-])[N+](=O)[O-].OCCCc1ccccc1. The highest BCUT2D eigenvalue weighted by Gasteiger charge is 2.69. The summed E-state index contributed by atoms with van der Waals surface area (Å²) in [5, 5.41) is 40.7. The molecule has 0 amide bonds. The lowest BCUT2D eigenvalue weighted by molar-refractivity contribution is -0.970. The molecule has 1 aromatic carbocycles. The van der Waals surface area contributed by atoms with Crippen molar-refractivity contribution < 1.29 is 38.4 Å². The zero-order chi connectivity index (χ0) is 27.6. The first-order valence-corrected chi connectivity index (χ1v) is 13.2. The zero-order valence-electron chi connectivity index (χ0n) is 20.6. The quantitative estimate of drug-likeness (QED) is 0.0884. The second-order valence-electron chi connectivity index (χ2n) is 8.03. The highest BCUT2D eigenvalue weighted by molar-refractivity contribution is 7.47. The fourth-order valence-corrected chi connectivity index (χ4v) is 4.04. The van der Waals surface area contributed by atoms with Crippen LogP contribution in [0, 0.1) is 30.3 Å². The number of hydrogen-bond donors (Lipinski definition) is 2. The molecule has 0 aliphatic rings. The summed E-state index contributed by atoms with van der Waals surface area (Å²) in [7, 11) is -4.47. The molecule has 0 radical (unpaired) electrons. The third kappa shape index (κ3) is 13.0. The Morgan fingerprint density at radius 3 is 2.06 bits per heavy atom. The van der Waals surface area contributed by atoms with Gasteiger partial charge in [-0.3, -0.25) is 39.4 Å². The van der Waals surface area contributed by atoms with Gasteiger partial charge in [0.2, 0.25) is 0 Å². The predicted molar refractivity (Wildman–Crippen MR) is 130 cm³/mol. The van der Waals surface area contributed by atoms with E-state index in [2.05, 4.69) is 16.7 Å². The first kappa shape index (κ1) is 33.5. The topological polar surface area (TPSA) is 205 Å². The minimum absolute atomic E-state index is 0.287. The van der Waals surface area contributed by atoms with Gasteiger partial charge < -0.3 is 10.00 Å². The molecule has 0 heterocycles. The largest absolute Gasteiger partial charge is 0.699 e. The smallest absolute Gasteiger partial charge is 0.396 e. The van der Waals surface area contributed by atoms with E-state index in [1.165, 1.54) is 5.56 Å². The second-order valence-corrected chi connectivity index (χ2v) is 9.44. The number of rotatable bonds is 18. The van der Waals surface area contributed by atoms with E-state index in [0.29, 0.717) is 6.42 Å². The number of phosphoric ester groups is 1. The first-order chi connectivity index (χ1) is 16.9. The molecule has 0 spiro atoms. The lowest BCUT2D eigenvalue weighted by Crippen LogP contribution is -2.53. The van der Waals surface area contributed by atoms with Crippen LogP contribution in [0.5, 0.6) is 0 Å². The molecule has 2 atom stereocenters. The predicted octanol–water partition coefficient (Wildman–Crippen LogP) is 4.35. The van der Waals surface area contributed by atoms with Gasteiger partial charge in [-0.1, -0.05) is 62.9 Å². The number of aliphatic hydroxyl groups excluding tert-OH is 1. The van der Waals surface area contributed by atoms with E-state index >= 15 is 0 Å². The van der Waals surface area contributed by atoms with Gasteiger partial charge in [-0.05, 0) is 38.2 Å². The van der Waals surface area contributed by atoms with Crippen LogP contribution in [0.2, 0.25) is 0 Å². The van der Waals surface area contributed by atoms with E-state index in [4.69, 9.17) is 9.63 Å². The van der Waals surface area contributed by atoms with Crippen LogP contribution in [0.4, 0.5) is 0 Å². The van der Waals surface area contributed by atoms with Gasteiger partial charge in [-0.2, -0.15) is 0 Å². The van der Waals surface area contributed by atoms with Crippen molar-refractivity contribution in [2.24, 2.45) is 0 Å². The van der Waals surface area contributed by atoms with Crippen molar-refractivity contribution in [3.05, 3.63) is 66.2 Å². The average molecular weight is 538 g/mol. The molecule has 14 nitrogen and oxygen atoms in total. The third-order valence-corrected chi connectivity index (χ3v) is 6.17.